The van der Waals surface area contributed by atoms with Gasteiger partial charge in [-0.25, -0.2) is 4.39 Å². The molecular weight excluding hydrogens is 377 g/mol. The lowest BCUT2D eigenvalue weighted by molar-refractivity contribution is 0.113. The van der Waals surface area contributed by atoms with Gasteiger partial charge in [-0.05, 0) is 64.8 Å². The van der Waals surface area contributed by atoms with Gasteiger partial charge in [0.15, 0.2) is 0 Å². The van der Waals surface area contributed by atoms with E-state index in [9.17, 15) is 4.39 Å². The number of nitrogens with one attached hydrogen (secondary N) is 2. The van der Waals surface area contributed by atoms with Gasteiger partial charge in [0.05, 0.1) is 0 Å². The summed E-state index contributed by atoms with van der Waals surface area (Å²) in [7, 11) is 1.98. The van der Waals surface area contributed by atoms with Gasteiger partial charge in [0.2, 0.25) is 0 Å². The molecule has 1 unspecified atom stereocenters. The summed E-state index contributed by atoms with van der Waals surface area (Å²) in [6.45, 7) is 11.2. The normalized spacial score (nSPS) is 20.4. The fourth-order valence-corrected chi connectivity index (χ4v) is 4.52. The molecule has 0 spiro atoms. The predicted octanol–water partition coefficient (Wildman–Crippen LogP) is 3.76. The highest BCUT2D eigenvalue weighted by atomic mass is 32.1. The highest BCUT2D eigenvalue weighted by molar-refractivity contribution is 7.82. The maximum absolute atomic E-state index is 13.1. The zero-order valence-corrected chi connectivity index (χ0v) is 19.0. The molecule has 0 radical (unpaired) electrons. The average Bonchev–Trinajstić information content (AvgIpc) is 2.56. The van der Waals surface area contributed by atoms with Crippen LogP contribution in [0.3, 0.4) is 0 Å². The molecule has 0 saturated carbocycles. The van der Waals surface area contributed by atoms with Crippen molar-refractivity contribution in [2.75, 3.05) is 33.2 Å². The Bertz CT molecular complexity index is 576. The molecule has 0 amide bonds. The molecular formula is C21H36FN3S2. The van der Waals surface area contributed by atoms with Crippen LogP contribution in [0.5, 0.6) is 0 Å². The molecule has 154 valence electrons. The first-order chi connectivity index (χ1) is 12.5. The Labute approximate surface area is 175 Å². The summed E-state index contributed by atoms with van der Waals surface area (Å²) in [6, 6.07) is 6.86. The van der Waals surface area contributed by atoms with Crippen molar-refractivity contribution in [3.63, 3.8) is 0 Å². The SMILES string of the molecule is CNCC(C)(S)CC1(NCC(C)(C)S)CCN(Cc2ccc(F)cc2)CC1. The largest absolute Gasteiger partial charge is 0.318 e. The molecule has 1 aromatic carbocycles. The second-order valence-electron chi connectivity index (χ2n) is 9.05. The van der Waals surface area contributed by atoms with Gasteiger partial charge in [-0.15, -0.1) is 0 Å². The van der Waals surface area contributed by atoms with Crippen LogP contribution in [0.25, 0.3) is 0 Å². The first kappa shape index (κ1) is 23.0. The molecule has 1 atom stereocenters. The van der Waals surface area contributed by atoms with Crippen LogP contribution >= 0.6 is 25.3 Å². The van der Waals surface area contributed by atoms with E-state index in [0.717, 1.165) is 52.0 Å². The highest BCUT2D eigenvalue weighted by Gasteiger charge is 2.39. The minimum Gasteiger partial charge on any atom is -0.318 e. The summed E-state index contributed by atoms with van der Waals surface area (Å²) >= 11 is 9.64. The van der Waals surface area contributed by atoms with Crippen molar-refractivity contribution in [2.45, 2.75) is 61.6 Å². The summed E-state index contributed by atoms with van der Waals surface area (Å²) in [4.78, 5) is 2.47. The van der Waals surface area contributed by atoms with Crippen LogP contribution in [-0.4, -0.2) is 53.2 Å². The van der Waals surface area contributed by atoms with E-state index in [2.05, 4.69) is 36.3 Å². The van der Waals surface area contributed by atoms with Crippen molar-refractivity contribution in [3.05, 3.63) is 35.6 Å². The van der Waals surface area contributed by atoms with E-state index in [1.165, 1.54) is 5.56 Å². The van der Waals surface area contributed by atoms with E-state index in [0.29, 0.717) is 0 Å². The molecule has 0 bridgehead atoms. The lowest BCUT2D eigenvalue weighted by Crippen LogP contribution is -2.58. The molecule has 0 aliphatic carbocycles. The van der Waals surface area contributed by atoms with Crippen LogP contribution in [0.1, 0.15) is 45.6 Å². The molecule has 1 aliphatic heterocycles. The van der Waals surface area contributed by atoms with Gasteiger partial charge >= 0.3 is 0 Å². The van der Waals surface area contributed by atoms with E-state index in [1.807, 2.05) is 19.2 Å². The quantitative estimate of drug-likeness (QED) is 0.465. The number of nitrogens with zero attached hydrogens (tertiary/aromatic N) is 1. The molecule has 27 heavy (non-hydrogen) atoms. The van der Waals surface area contributed by atoms with Crippen LogP contribution in [0.15, 0.2) is 24.3 Å². The molecule has 2 N–H and O–H groups in total. The van der Waals surface area contributed by atoms with Gasteiger partial charge in [-0.3, -0.25) is 4.90 Å². The second-order valence-corrected chi connectivity index (χ2v) is 11.3. The van der Waals surface area contributed by atoms with Crippen LogP contribution in [0.4, 0.5) is 4.39 Å². The van der Waals surface area contributed by atoms with Crippen molar-refractivity contribution in [1.82, 2.24) is 15.5 Å². The zero-order valence-electron chi connectivity index (χ0n) is 17.2. The molecule has 0 aromatic heterocycles. The third kappa shape index (κ3) is 7.94. The van der Waals surface area contributed by atoms with E-state index < -0.39 is 0 Å². The number of rotatable bonds is 9. The Balaban J connectivity index is 2.01. The third-order valence-electron chi connectivity index (χ3n) is 5.31. The van der Waals surface area contributed by atoms with Crippen LogP contribution in [0, 0.1) is 5.82 Å². The van der Waals surface area contributed by atoms with Gasteiger partial charge < -0.3 is 10.6 Å². The van der Waals surface area contributed by atoms with E-state index in [4.69, 9.17) is 25.3 Å². The maximum Gasteiger partial charge on any atom is 0.123 e. The van der Waals surface area contributed by atoms with Crippen molar-refractivity contribution in [2.24, 2.45) is 0 Å². The predicted molar refractivity (Wildman–Crippen MR) is 121 cm³/mol. The lowest BCUT2D eigenvalue weighted by atomic mass is 9.79. The minimum absolute atomic E-state index is 0.0474. The van der Waals surface area contributed by atoms with Crippen LogP contribution < -0.4 is 10.6 Å². The smallest absolute Gasteiger partial charge is 0.123 e. The average molecular weight is 414 g/mol. The van der Waals surface area contributed by atoms with Crippen LogP contribution in [0.2, 0.25) is 0 Å². The Morgan fingerprint density at radius 2 is 1.67 bits per heavy atom. The number of likely N-dealkylation sites (tertiary alicyclic amines) is 1. The number of piperidine rings is 1. The molecule has 1 fully saturated rings. The first-order valence-corrected chi connectivity index (χ1v) is 10.7. The van der Waals surface area contributed by atoms with E-state index in [-0.39, 0.29) is 20.9 Å². The first-order valence-electron chi connectivity index (χ1n) is 9.84. The number of halogens is 1. The number of hydrogen-bond donors (Lipinski definition) is 4. The van der Waals surface area contributed by atoms with Gasteiger partial charge in [0, 0.05) is 47.8 Å². The molecule has 1 aliphatic rings. The van der Waals surface area contributed by atoms with Gasteiger partial charge in [-0.1, -0.05) is 12.1 Å². The Hall–Kier alpha value is -0.270. The number of benzene rings is 1. The fourth-order valence-electron chi connectivity index (χ4n) is 3.98. The summed E-state index contributed by atoms with van der Waals surface area (Å²) < 4.78 is 13.0. The summed E-state index contributed by atoms with van der Waals surface area (Å²) in [5.74, 6) is -0.174. The number of thiol groups is 2. The molecule has 2 rings (SSSR count). The van der Waals surface area contributed by atoms with Crippen molar-refractivity contribution in [1.29, 1.82) is 0 Å². The topological polar surface area (TPSA) is 27.3 Å². The van der Waals surface area contributed by atoms with E-state index >= 15 is 0 Å². The molecule has 1 aromatic rings. The number of hydrogen-bond acceptors (Lipinski definition) is 5. The Morgan fingerprint density at radius 1 is 1.07 bits per heavy atom. The molecule has 1 heterocycles. The van der Waals surface area contributed by atoms with Crippen molar-refractivity contribution in [3.8, 4) is 0 Å². The van der Waals surface area contributed by atoms with Crippen LogP contribution in [-0.2, 0) is 6.54 Å². The lowest BCUT2D eigenvalue weighted by Gasteiger charge is -2.47. The van der Waals surface area contributed by atoms with Crippen molar-refractivity contribution < 1.29 is 4.39 Å². The monoisotopic (exact) mass is 413 g/mol. The fraction of sp³-hybridized carbons (Fsp3) is 0.714. The van der Waals surface area contributed by atoms with Gasteiger partial charge in [0.25, 0.3) is 0 Å². The van der Waals surface area contributed by atoms with Gasteiger partial charge in [-0.2, -0.15) is 25.3 Å². The molecule has 6 heteroatoms. The zero-order chi connectivity index (χ0) is 20.1. The second kappa shape index (κ2) is 9.49. The summed E-state index contributed by atoms with van der Waals surface area (Å²) in [5.41, 5.74) is 1.25. The highest BCUT2D eigenvalue weighted by Crippen LogP contribution is 2.34. The maximum atomic E-state index is 13.1. The molecule has 3 nitrogen and oxygen atoms in total. The molecule has 1 saturated heterocycles. The third-order valence-corrected chi connectivity index (χ3v) is 5.78. The standard InChI is InChI=1S/C21H36FN3S2/c1-19(2,26)15-24-21(14-20(3,27)16-23-4)9-11-25(12-10-21)13-17-5-7-18(22)8-6-17/h5-8,23-24,26-27H,9-16H2,1-4H3. The summed E-state index contributed by atoms with van der Waals surface area (Å²) in [5, 5.41) is 7.12. The van der Waals surface area contributed by atoms with Gasteiger partial charge in [0.1, 0.15) is 5.82 Å². The van der Waals surface area contributed by atoms with Crippen molar-refractivity contribution >= 4 is 25.3 Å². The summed E-state index contributed by atoms with van der Waals surface area (Å²) in [6.07, 6.45) is 3.17. The Kier molecular flexibility index (Phi) is 8.08. The Morgan fingerprint density at radius 3 is 2.19 bits per heavy atom. The van der Waals surface area contributed by atoms with E-state index in [1.54, 1.807) is 12.1 Å². The minimum atomic E-state index is -0.174.